The number of hydrogen-bond donors (Lipinski definition) is 3. The molecule has 7 nitrogen and oxygen atoms in total. The van der Waals surface area contributed by atoms with Crippen LogP contribution < -0.4 is 25.4 Å². The number of aliphatic imine (C=N–C) groups is 1. The number of carbonyl (C=O) groups is 1. The molecule has 0 aliphatic carbocycles. The molecule has 3 N–H and O–H groups in total. The van der Waals surface area contributed by atoms with Crippen molar-refractivity contribution < 1.29 is 18.7 Å². The number of benzene rings is 2. The van der Waals surface area contributed by atoms with E-state index in [2.05, 4.69) is 20.9 Å². The van der Waals surface area contributed by atoms with Gasteiger partial charge in [0.05, 0.1) is 13.7 Å². The number of hydrogen-bond acceptors (Lipinski definition) is 4. The first kappa shape index (κ1) is 24.5. The SMILES string of the molecule is CCNC(=NCC(=O)Nc1ccc(F)cc1)NCCOc1ccc(OC)cc1.I. The van der Waals surface area contributed by atoms with E-state index in [4.69, 9.17) is 9.47 Å². The molecular weight excluding hydrogens is 490 g/mol. The van der Waals surface area contributed by atoms with Crippen molar-refractivity contribution in [1.82, 2.24) is 10.6 Å². The Morgan fingerprint density at radius 1 is 1.03 bits per heavy atom. The number of amides is 1. The van der Waals surface area contributed by atoms with Gasteiger partial charge in [-0.3, -0.25) is 4.79 Å². The quantitative estimate of drug-likeness (QED) is 0.207. The van der Waals surface area contributed by atoms with Crippen molar-refractivity contribution >= 4 is 41.5 Å². The Labute approximate surface area is 187 Å². The molecular formula is C20H26FIN4O3. The Hall–Kier alpha value is -2.56. The molecule has 0 saturated heterocycles. The molecule has 0 atom stereocenters. The molecule has 0 saturated carbocycles. The molecule has 0 spiro atoms. The van der Waals surface area contributed by atoms with Gasteiger partial charge in [-0.2, -0.15) is 0 Å². The van der Waals surface area contributed by atoms with Crippen molar-refractivity contribution in [3.8, 4) is 11.5 Å². The van der Waals surface area contributed by atoms with Crippen LogP contribution in [0.25, 0.3) is 0 Å². The van der Waals surface area contributed by atoms with E-state index in [1.54, 1.807) is 7.11 Å². The predicted molar refractivity (Wildman–Crippen MR) is 123 cm³/mol. The molecule has 0 aliphatic rings. The van der Waals surface area contributed by atoms with E-state index in [1.807, 2.05) is 31.2 Å². The highest BCUT2D eigenvalue weighted by molar-refractivity contribution is 14.0. The summed E-state index contributed by atoms with van der Waals surface area (Å²) in [5.74, 6) is 1.37. The van der Waals surface area contributed by atoms with E-state index in [1.165, 1.54) is 24.3 Å². The van der Waals surface area contributed by atoms with Crippen LogP contribution in [0.5, 0.6) is 11.5 Å². The van der Waals surface area contributed by atoms with Gasteiger partial charge >= 0.3 is 0 Å². The number of anilines is 1. The molecule has 2 aromatic rings. The first-order valence-corrected chi connectivity index (χ1v) is 8.95. The van der Waals surface area contributed by atoms with Crippen LogP contribution in [0.3, 0.4) is 0 Å². The summed E-state index contributed by atoms with van der Waals surface area (Å²) in [7, 11) is 1.61. The highest BCUT2D eigenvalue weighted by Crippen LogP contribution is 2.16. The highest BCUT2D eigenvalue weighted by atomic mass is 127. The summed E-state index contributed by atoms with van der Waals surface area (Å²) in [5.41, 5.74) is 0.521. The number of guanidine groups is 1. The first-order chi connectivity index (χ1) is 13.6. The largest absolute Gasteiger partial charge is 0.497 e. The summed E-state index contributed by atoms with van der Waals surface area (Å²) in [5, 5.41) is 8.82. The van der Waals surface area contributed by atoms with Gasteiger partial charge < -0.3 is 25.4 Å². The standard InChI is InChI=1S/C20H25FN4O3.HI/c1-3-22-20(23-12-13-28-18-10-8-17(27-2)9-11-18)24-14-19(26)25-16-6-4-15(21)5-7-16;/h4-11H,3,12-14H2,1-2H3,(H,25,26)(H2,22,23,24);1H. The van der Waals surface area contributed by atoms with E-state index < -0.39 is 0 Å². The van der Waals surface area contributed by atoms with Gasteiger partial charge in [-0.25, -0.2) is 9.38 Å². The summed E-state index contributed by atoms with van der Waals surface area (Å²) >= 11 is 0. The molecule has 0 fully saturated rings. The zero-order valence-electron chi connectivity index (χ0n) is 16.4. The molecule has 0 aromatic heterocycles. The second-order valence-corrected chi connectivity index (χ2v) is 5.70. The number of rotatable bonds is 9. The molecule has 158 valence electrons. The summed E-state index contributed by atoms with van der Waals surface area (Å²) < 4.78 is 23.6. The van der Waals surface area contributed by atoms with Gasteiger partial charge in [0.15, 0.2) is 5.96 Å². The lowest BCUT2D eigenvalue weighted by atomic mass is 10.3. The molecule has 0 radical (unpaired) electrons. The third-order valence-corrected chi connectivity index (χ3v) is 3.58. The Morgan fingerprint density at radius 3 is 2.31 bits per heavy atom. The summed E-state index contributed by atoms with van der Waals surface area (Å²) in [4.78, 5) is 16.2. The van der Waals surface area contributed by atoms with Crippen molar-refractivity contribution in [3.05, 3.63) is 54.3 Å². The molecule has 0 unspecified atom stereocenters. The van der Waals surface area contributed by atoms with E-state index in [-0.39, 0.29) is 42.2 Å². The van der Waals surface area contributed by atoms with Gasteiger partial charge in [-0.1, -0.05) is 0 Å². The normalized spacial score (nSPS) is 10.5. The Kier molecular flexibility index (Phi) is 11.5. The fourth-order valence-electron chi connectivity index (χ4n) is 2.24. The van der Waals surface area contributed by atoms with Crippen molar-refractivity contribution in [2.24, 2.45) is 4.99 Å². The van der Waals surface area contributed by atoms with Gasteiger partial charge in [0.1, 0.15) is 30.5 Å². The monoisotopic (exact) mass is 516 g/mol. The van der Waals surface area contributed by atoms with Crippen LogP contribution in [0.1, 0.15) is 6.92 Å². The average molecular weight is 516 g/mol. The first-order valence-electron chi connectivity index (χ1n) is 8.95. The number of halogens is 2. The van der Waals surface area contributed by atoms with Crippen LogP contribution in [-0.4, -0.2) is 45.2 Å². The number of methoxy groups -OCH3 is 1. The van der Waals surface area contributed by atoms with Crippen LogP contribution in [0.2, 0.25) is 0 Å². The Balaban J connectivity index is 0.00000420. The van der Waals surface area contributed by atoms with Crippen molar-refractivity contribution in [1.29, 1.82) is 0 Å². The zero-order valence-corrected chi connectivity index (χ0v) is 18.7. The molecule has 9 heteroatoms. The zero-order chi connectivity index (χ0) is 20.2. The Bertz CT molecular complexity index is 770. The minimum Gasteiger partial charge on any atom is -0.497 e. The van der Waals surface area contributed by atoms with Crippen LogP contribution in [0.4, 0.5) is 10.1 Å². The van der Waals surface area contributed by atoms with Crippen molar-refractivity contribution in [3.63, 3.8) is 0 Å². The lowest BCUT2D eigenvalue weighted by Crippen LogP contribution is -2.39. The van der Waals surface area contributed by atoms with Gasteiger partial charge in [0, 0.05) is 12.2 Å². The average Bonchev–Trinajstić information content (AvgIpc) is 2.71. The fourth-order valence-corrected chi connectivity index (χ4v) is 2.24. The van der Waals surface area contributed by atoms with Gasteiger partial charge in [-0.05, 0) is 55.5 Å². The third kappa shape index (κ3) is 9.46. The number of carbonyl (C=O) groups excluding carboxylic acids is 1. The minimum absolute atomic E-state index is 0. The fraction of sp³-hybridized carbons (Fsp3) is 0.300. The predicted octanol–water partition coefficient (Wildman–Crippen LogP) is 3.02. The Morgan fingerprint density at radius 2 is 1.69 bits per heavy atom. The number of nitrogens with one attached hydrogen (secondary N) is 3. The van der Waals surface area contributed by atoms with E-state index in [0.717, 1.165) is 11.5 Å². The molecule has 0 bridgehead atoms. The maximum absolute atomic E-state index is 12.9. The molecule has 0 heterocycles. The van der Waals surface area contributed by atoms with E-state index in [0.29, 0.717) is 31.3 Å². The molecule has 2 rings (SSSR count). The van der Waals surface area contributed by atoms with Crippen LogP contribution in [0.15, 0.2) is 53.5 Å². The van der Waals surface area contributed by atoms with E-state index in [9.17, 15) is 9.18 Å². The number of nitrogens with zero attached hydrogens (tertiary/aromatic N) is 1. The highest BCUT2D eigenvalue weighted by Gasteiger charge is 2.04. The van der Waals surface area contributed by atoms with Gasteiger partial charge in [-0.15, -0.1) is 24.0 Å². The molecule has 29 heavy (non-hydrogen) atoms. The smallest absolute Gasteiger partial charge is 0.246 e. The lowest BCUT2D eigenvalue weighted by molar-refractivity contribution is -0.114. The van der Waals surface area contributed by atoms with Crippen LogP contribution >= 0.6 is 24.0 Å². The number of ether oxygens (including phenoxy) is 2. The second kappa shape index (κ2) is 13.6. The summed E-state index contributed by atoms with van der Waals surface area (Å²) in [6, 6.07) is 12.9. The van der Waals surface area contributed by atoms with E-state index >= 15 is 0 Å². The molecule has 1 amide bonds. The lowest BCUT2D eigenvalue weighted by Gasteiger charge is -2.12. The maximum atomic E-state index is 12.9. The maximum Gasteiger partial charge on any atom is 0.246 e. The van der Waals surface area contributed by atoms with Gasteiger partial charge in [0.25, 0.3) is 0 Å². The molecule has 0 aliphatic heterocycles. The summed E-state index contributed by atoms with van der Waals surface area (Å²) in [6.07, 6.45) is 0. The van der Waals surface area contributed by atoms with Crippen molar-refractivity contribution in [2.75, 3.05) is 38.7 Å². The topological polar surface area (TPSA) is 84.0 Å². The molecule has 2 aromatic carbocycles. The second-order valence-electron chi connectivity index (χ2n) is 5.70. The van der Waals surface area contributed by atoms with Gasteiger partial charge in [0.2, 0.25) is 5.91 Å². The summed E-state index contributed by atoms with van der Waals surface area (Å²) in [6.45, 7) is 3.47. The third-order valence-electron chi connectivity index (χ3n) is 3.58. The van der Waals surface area contributed by atoms with Crippen molar-refractivity contribution in [2.45, 2.75) is 6.92 Å². The van der Waals surface area contributed by atoms with Crippen LogP contribution in [0, 0.1) is 5.82 Å². The minimum atomic E-state index is -0.355. The van der Waals surface area contributed by atoms with Crippen LogP contribution in [-0.2, 0) is 4.79 Å².